The summed E-state index contributed by atoms with van der Waals surface area (Å²) in [5.41, 5.74) is 6.10. The van der Waals surface area contributed by atoms with E-state index in [1.807, 2.05) is 11.8 Å². The molecule has 1 amide bonds. The zero-order valence-electron chi connectivity index (χ0n) is 13.3. The number of rotatable bonds is 7. The molecule has 1 atom stereocenters. The summed E-state index contributed by atoms with van der Waals surface area (Å²) < 4.78 is 5.20. The van der Waals surface area contributed by atoms with Crippen molar-refractivity contribution < 1.29 is 9.53 Å². The molecule has 1 aliphatic heterocycles. The Labute approximate surface area is 133 Å². The molecule has 1 heterocycles. The molecule has 1 unspecified atom stereocenters. The van der Waals surface area contributed by atoms with E-state index >= 15 is 0 Å². The Morgan fingerprint density at radius 3 is 2.71 bits per heavy atom. The van der Waals surface area contributed by atoms with E-state index in [1.54, 1.807) is 7.11 Å². The van der Waals surface area contributed by atoms with Crippen LogP contribution in [0.25, 0.3) is 0 Å². The van der Waals surface area contributed by atoms with Crippen molar-refractivity contribution in [3.8, 4) is 0 Å². The molecule has 2 rings (SSSR count). The van der Waals surface area contributed by atoms with Crippen LogP contribution in [0.4, 0.5) is 0 Å². The molecule has 1 saturated heterocycles. The van der Waals surface area contributed by atoms with Gasteiger partial charge in [0.25, 0.3) is 0 Å². The molecule has 21 heavy (non-hydrogen) atoms. The van der Waals surface area contributed by atoms with Gasteiger partial charge in [0.15, 0.2) is 0 Å². The van der Waals surface area contributed by atoms with Gasteiger partial charge in [-0.05, 0) is 37.0 Å². The average Bonchev–Trinajstić information content (AvgIpc) is 3.02. The number of ether oxygens (including phenoxy) is 1. The number of carbonyl (C=O) groups excluding carboxylic acids is 1. The molecule has 5 heteroatoms. The number of hydrogen-bond donors (Lipinski definition) is 1. The van der Waals surface area contributed by atoms with Crippen molar-refractivity contribution in [1.29, 1.82) is 0 Å². The number of amides is 1. The van der Waals surface area contributed by atoms with Gasteiger partial charge in [-0.25, -0.2) is 0 Å². The van der Waals surface area contributed by atoms with Crippen LogP contribution in [0.5, 0.6) is 0 Å². The number of carbonyl (C=O) groups is 1. The fraction of sp³-hybridized carbons (Fsp3) is 0.938. The van der Waals surface area contributed by atoms with Crippen molar-refractivity contribution in [2.75, 3.05) is 38.3 Å². The van der Waals surface area contributed by atoms with Crippen LogP contribution < -0.4 is 5.73 Å². The summed E-state index contributed by atoms with van der Waals surface area (Å²) in [6.45, 7) is 2.00. The lowest BCUT2D eigenvalue weighted by Crippen LogP contribution is -2.46. The first-order chi connectivity index (χ1) is 10.2. The van der Waals surface area contributed by atoms with Crippen LogP contribution in [0.3, 0.4) is 0 Å². The molecule has 4 nitrogen and oxygen atoms in total. The summed E-state index contributed by atoms with van der Waals surface area (Å²) in [4.78, 5) is 15.0. The Bertz CT molecular complexity index is 326. The second kappa shape index (κ2) is 8.39. The molecule has 1 aliphatic carbocycles. The molecule has 2 aliphatic rings. The minimum absolute atomic E-state index is 0.0619. The number of nitrogens with two attached hydrogens (primary N) is 1. The van der Waals surface area contributed by atoms with Gasteiger partial charge in [0.1, 0.15) is 0 Å². The highest BCUT2D eigenvalue weighted by Crippen LogP contribution is 2.39. The van der Waals surface area contributed by atoms with Crippen LogP contribution in [0.2, 0.25) is 0 Å². The molecule has 2 fully saturated rings. The van der Waals surface area contributed by atoms with Gasteiger partial charge in [0.05, 0.1) is 6.61 Å². The van der Waals surface area contributed by atoms with E-state index in [2.05, 4.69) is 4.90 Å². The third-order valence-corrected chi connectivity index (χ3v) is 6.22. The molecule has 122 valence electrons. The normalized spacial score (nSPS) is 25.0. The summed E-state index contributed by atoms with van der Waals surface area (Å²) >= 11 is 1.95. The van der Waals surface area contributed by atoms with E-state index in [9.17, 15) is 4.79 Å². The minimum Gasteiger partial charge on any atom is -0.383 e. The highest BCUT2D eigenvalue weighted by atomic mass is 32.2. The molecule has 0 aromatic heterocycles. The second-order valence-electron chi connectivity index (χ2n) is 6.54. The molecule has 0 aromatic rings. The SMILES string of the molecule is COCCN(C(=O)CC1(CN)CCCCC1)C1CCSC1. The monoisotopic (exact) mass is 314 g/mol. The summed E-state index contributed by atoms with van der Waals surface area (Å²) in [5, 5.41) is 0. The predicted octanol–water partition coefficient (Wildman–Crippen LogP) is 2.27. The van der Waals surface area contributed by atoms with E-state index in [0.717, 1.165) is 31.6 Å². The number of nitrogens with zero attached hydrogens (tertiary/aromatic N) is 1. The first-order valence-corrected chi connectivity index (χ1v) is 9.42. The highest BCUT2D eigenvalue weighted by Gasteiger charge is 2.36. The van der Waals surface area contributed by atoms with Crippen molar-refractivity contribution in [1.82, 2.24) is 4.90 Å². The second-order valence-corrected chi connectivity index (χ2v) is 7.69. The van der Waals surface area contributed by atoms with E-state index < -0.39 is 0 Å². The lowest BCUT2D eigenvalue weighted by molar-refractivity contribution is -0.136. The maximum Gasteiger partial charge on any atom is 0.223 e. The van der Waals surface area contributed by atoms with Crippen LogP contribution in [-0.4, -0.2) is 55.2 Å². The maximum atomic E-state index is 12.9. The predicted molar refractivity (Wildman–Crippen MR) is 88.5 cm³/mol. The summed E-state index contributed by atoms with van der Waals surface area (Å²) in [7, 11) is 1.70. The van der Waals surface area contributed by atoms with Crippen molar-refractivity contribution in [2.45, 2.75) is 51.0 Å². The zero-order chi connectivity index (χ0) is 15.1. The molecule has 1 saturated carbocycles. The largest absolute Gasteiger partial charge is 0.383 e. The summed E-state index contributed by atoms with van der Waals surface area (Å²) in [5.74, 6) is 2.54. The quantitative estimate of drug-likeness (QED) is 0.783. The van der Waals surface area contributed by atoms with E-state index in [0.29, 0.717) is 31.5 Å². The lowest BCUT2D eigenvalue weighted by Gasteiger charge is -2.38. The van der Waals surface area contributed by atoms with Crippen molar-refractivity contribution >= 4 is 17.7 Å². The molecule has 0 bridgehead atoms. The lowest BCUT2D eigenvalue weighted by atomic mass is 9.71. The molecule has 0 radical (unpaired) electrons. The summed E-state index contributed by atoms with van der Waals surface area (Å²) in [6.07, 6.45) is 7.73. The smallest absolute Gasteiger partial charge is 0.223 e. The van der Waals surface area contributed by atoms with Gasteiger partial charge < -0.3 is 15.4 Å². The van der Waals surface area contributed by atoms with Crippen LogP contribution in [0.1, 0.15) is 44.9 Å². The number of thioether (sulfide) groups is 1. The third kappa shape index (κ3) is 4.60. The first kappa shape index (κ1) is 17.1. The Morgan fingerprint density at radius 1 is 1.38 bits per heavy atom. The van der Waals surface area contributed by atoms with Gasteiger partial charge in [-0.15, -0.1) is 0 Å². The van der Waals surface area contributed by atoms with Crippen molar-refractivity contribution in [3.63, 3.8) is 0 Å². The van der Waals surface area contributed by atoms with Crippen LogP contribution in [0, 0.1) is 5.41 Å². The highest BCUT2D eigenvalue weighted by molar-refractivity contribution is 7.99. The zero-order valence-corrected chi connectivity index (χ0v) is 14.1. The van der Waals surface area contributed by atoms with Crippen LogP contribution >= 0.6 is 11.8 Å². The average molecular weight is 314 g/mol. The van der Waals surface area contributed by atoms with Gasteiger partial charge in [0, 0.05) is 31.9 Å². The molecular formula is C16H30N2O2S. The van der Waals surface area contributed by atoms with Gasteiger partial charge >= 0.3 is 0 Å². The topological polar surface area (TPSA) is 55.6 Å². The Balaban J connectivity index is 1.98. The molecule has 0 spiro atoms. The number of hydrogen-bond acceptors (Lipinski definition) is 4. The fourth-order valence-electron chi connectivity index (χ4n) is 3.65. The Morgan fingerprint density at radius 2 is 2.14 bits per heavy atom. The number of methoxy groups -OCH3 is 1. The summed E-state index contributed by atoms with van der Waals surface area (Å²) in [6, 6.07) is 0.399. The van der Waals surface area contributed by atoms with Crippen LogP contribution in [-0.2, 0) is 9.53 Å². The fourth-order valence-corrected chi connectivity index (χ4v) is 4.87. The van der Waals surface area contributed by atoms with Crippen molar-refractivity contribution in [2.24, 2.45) is 11.1 Å². The van der Waals surface area contributed by atoms with E-state index in [4.69, 9.17) is 10.5 Å². The van der Waals surface area contributed by atoms with Gasteiger partial charge in [-0.2, -0.15) is 11.8 Å². The Kier molecular flexibility index (Phi) is 6.83. The molecule has 2 N–H and O–H groups in total. The Hall–Kier alpha value is -0.260. The van der Waals surface area contributed by atoms with Gasteiger partial charge in [-0.3, -0.25) is 4.79 Å². The van der Waals surface area contributed by atoms with Crippen molar-refractivity contribution in [3.05, 3.63) is 0 Å². The van der Waals surface area contributed by atoms with E-state index in [1.165, 1.54) is 25.0 Å². The molecular weight excluding hydrogens is 284 g/mol. The third-order valence-electron chi connectivity index (χ3n) is 5.08. The minimum atomic E-state index is 0.0619. The first-order valence-electron chi connectivity index (χ1n) is 8.27. The maximum absolute atomic E-state index is 12.9. The van der Waals surface area contributed by atoms with E-state index in [-0.39, 0.29) is 5.41 Å². The van der Waals surface area contributed by atoms with Gasteiger partial charge in [0.2, 0.25) is 5.91 Å². The van der Waals surface area contributed by atoms with Gasteiger partial charge in [-0.1, -0.05) is 19.3 Å². The molecule has 0 aromatic carbocycles. The standard InChI is InChI=1S/C16H30N2O2S/c1-20-9-8-18(14-5-10-21-12-14)15(19)11-16(13-17)6-3-2-4-7-16/h14H,2-13,17H2,1H3. The van der Waals surface area contributed by atoms with Crippen LogP contribution in [0.15, 0.2) is 0 Å².